The third-order valence-corrected chi connectivity index (χ3v) is 5.76. The number of nitrogens with zero attached hydrogens (tertiary/aromatic N) is 1. The highest BCUT2D eigenvalue weighted by Crippen LogP contribution is 2.24. The molecule has 152 valence electrons. The smallest absolute Gasteiger partial charge is 0.244 e. The molecule has 3 aromatic rings. The van der Waals surface area contributed by atoms with Gasteiger partial charge in [0.2, 0.25) is 21.8 Å². The fraction of sp³-hybridized carbons (Fsp3) is 0.200. The van der Waals surface area contributed by atoms with Gasteiger partial charge < -0.3 is 9.26 Å². The van der Waals surface area contributed by atoms with Crippen LogP contribution in [0.25, 0.3) is 11.3 Å². The number of anilines is 1. The van der Waals surface area contributed by atoms with Crippen molar-refractivity contribution in [2.45, 2.75) is 24.8 Å². The lowest BCUT2D eigenvalue weighted by atomic mass is 10.1. The van der Waals surface area contributed by atoms with E-state index >= 15 is 0 Å². The fourth-order valence-corrected chi connectivity index (χ4v) is 3.74. The summed E-state index contributed by atoms with van der Waals surface area (Å²) in [6, 6.07) is 14.1. The Morgan fingerprint density at radius 2 is 1.76 bits per heavy atom. The Labute approximate surface area is 168 Å². The molecule has 2 aromatic carbocycles. The molecule has 2 N–H and O–H groups in total. The highest BCUT2D eigenvalue weighted by Gasteiger charge is 2.23. The molecule has 0 bridgehead atoms. The quantitative estimate of drug-likeness (QED) is 0.614. The first kappa shape index (κ1) is 20.6. The van der Waals surface area contributed by atoms with Crippen LogP contribution in [0.1, 0.15) is 12.5 Å². The molecule has 0 aliphatic carbocycles. The van der Waals surface area contributed by atoms with E-state index in [-0.39, 0.29) is 10.8 Å². The van der Waals surface area contributed by atoms with E-state index in [0.717, 1.165) is 11.1 Å². The van der Waals surface area contributed by atoms with Crippen LogP contribution in [0.15, 0.2) is 64.0 Å². The number of hydrogen-bond donors (Lipinski definition) is 2. The summed E-state index contributed by atoms with van der Waals surface area (Å²) in [5.41, 5.74) is 2.24. The molecule has 0 spiro atoms. The lowest BCUT2D eigenvalue weighted by Crippen LogP contribution is -2.41. The Morgan fingerprint density at radius 3 is 2.38 bits per heavy atom. The molecule has 0 aliphatic heterocycles. The van der Waals surface area contributed by atoms with Crippen LogP contribution < -0.4 is 14.8 Å². The maximum Gasteiger partial charge on any atom is 0.244 e. The molecule has 8 nitrogen and oxygen atoms in total. The average molecular weight is 415 g/mol. The molecule has 0 fully saturated rings. The predicted molar refractivity (Wildman–Crippen MR) is 108 cm³/mol. The first-order valence-electron chi connectivity index (χ1n) is 8.79. The third-order valence-electron chi connectivity index (χ3n) is 4.20. The molecular formula is C20H21N3O5S. The number of carbonyl (C=O) groups is 1. The highest BCUT2D eigenvalue weighted by atomic mass is 32.2. The lowest BCUT2D eigenvalue weighted by Gasteiger charge is -2.13. The van der Waals surface area contributed by atoms with Crippen LogP contribution in [-0.2, 0) is 14.8 Å². The summed E-state index contributed by atoms with van der Waals surface area (Å²) < 4.78 is 37.4. The fourth-order valence-electron chi connectivity index (χ4n) is 2.53. The number of rotatable bonds is 7. The van der Waals surface area contributed by atoms with Crippen LogP contribution >= 0.6 is 0 Å². The average Bonchev–Trinajstić information content (AvgIpc) is 3.16. The number of benzene rings is 2. The van der Waals surface area contributed by atoms with E-state index in [2.05, 4.69) is 15.2 Å². The molecule has 0 aliphatic rings. The van der Waals surface area contributed by atoms with Gasteiger partial charge in [0.1, 0.15) is 11.4 Å². The summed E-state index contributed by atoms with van der Waals surface area (Å²) in [4.78, 5) is 12.4. The second-order valence-electron chi connectivity index (χ2n) is 6.45. The van der Waals surface area contributed by atoms with Crippen LogP contribution in [0.3, 0.4) is 0 Å². The monoisotopic (exact) mass is 415 g/mol. The minimum atomic E-state index is -3.83. The number of aryl methyl sites for hydroxylation is 1. The predicted octanol–water partition coefficient (Wildman–Crippen LogP) is 2.96. The van der Waals surface area contributed by atoms with Crippen molar-refractivity contribution < 1.29 is 22.5 Å². The van der Waals surface area contributed by atoms with Gasteiger partial charge in [0.15, 0.2) is 0 Å². The molecule has 1 amide bonds. The summed E-state index contributed by atoms with van der Waals surface area (Å²) in [5.74, 6) is 0.251. The van der Waals surface area contributed by atoms with Crippen LogP contribution in [-0.4, -0.2) is 32.6 Å². The number of aromatic nitrogens is 1. The maximum atomic E-state index is 12.4. The molecule has 9 heteroatoms. The molecule has 0 saturated carbocycles. The number of methoxy groups -OCH3 is 1. The lowest BCUT2D eigenvalue weighted by molar-refractivity contribution is -0.117. The van der Waals surface area contributed by atoms with E-state index in [1.165, 1.54) is 19.1 Å². The van der Waals surface area contributed by atoms with Gasteiger partial charge in [-0.3, -0.25) is 10.1 Å². The SMILES string of the molecule is COc1ccc(-c2cc(NC(=O)C(C)NS(=O)(=O)c3ccc(C)cc3)on2)cc1. The van der Waals surface area contributed by atoms with Gasteiger partial charge in [0.05, 0.1) is 18.0 Å². The molecule has 1 heterocycles. The van der Waals surface area contributed by atoms with E-state index in [4.69, 9.17) is 9.26 Å². The van der Waals surface area contributed by atoms with Gasteiger partial charge in [-0.1, -0.05) is 22.9 Å². The summed E-state index contributed by atoms with van der Waals surface area (Å²) in [6.45, 7) is 3.30. The van der Waals surface area contributed by atoms with Crippen LogP contribution in [0.4, 0.5) is 5.88 Å². The van der Waals surface area contributed by atoms with E-state index in [1.54, 1.807) is 49.6 Å². The first-order valence-corrected chi connectivity index (χ1v) is 10.3. The third kappa shape index (κ3) is 5.01. The first-order chi connectivity index (χ1) is 13.8. The van der Waals surface area contributed by atoms with E-state index in [1.807, 2.05) is 6.92 Å². The number of sulfonamides is 1. The van der Waals surface area contributed by atoms with Crippen molar-refractivity contribution in [3.63, 3.8) is 0 Å². The van der Waals surface area contributed by atoms with Crippen LogP contribution in [0.5, 0.6) is 5.75 Å². The van der Waals surface area contributed by atoms with Crippen molar-refractivity contribution in [3.05, 3.63) is 60.2 Å². The van der Waals surface area contributed by atoms with Crippen molar-refractivity contribution in [1.82, 2.24) is 9.88 Å². The standard InChI is InChI=1S/C20H21N3O5S/c1-13-4-10-17(11-5-13)29(25,26)23-14(2)20(24)21-19-12-18(22-28-19)15-6-8-16(27-3)9-7-15/h4-12,14,23H,1-3H3,(H,21,24). The van der Waals surface area contributed by atoms with Crippen molar-refractivity contribution in [2.75, 3.05) is 12.4 Å². The van der Waals surface area contributed by atoms with Gasteiger partial charge in [-0.25, -0.2) is 8.42 Å². The molecule has 1 atom stereocenters. The van der Waals surface area contributed by atoms with Gasteiger partial charge in [-0.2, -0.15) is 4.72 Å². The molecule has 0 radical (unpaired) electrons. The number of carbonyl (C=O) groups excluding carboxylic acids is 1. The Hall–Kier alpha value is -3.17. The second kappa shape index (κ2) is 8.46. The van der Waals surface area contributed by atoms with Crippen molar-refractivity contribution >= 4 is 21.8 Å². The van der Waals surface area contributed by atoms with Crippen molar-refractivity contribution in [2.24, 2.45) is 0 Å². The minimum Gasteiger partial charge on any atom is -0.497 e. The highest BCUT2D eigenvalue weighted by molar-refractivity contribution is 7.89. The maximum absolute atomic E-state index is 12.4. The number of nitrogens with one attached hydrogen (secondary N) is 2. The zero-order valence-corrected chi connectivity index (χ0v) is 17.0. The summed E-state index contributed by atoms with van der Waals surface area (Å²) in [5, 5.41) is 6.43. The van der Waals surface area contributed by atoms with Crippen molar-refractivity contribution in [1.29, 1.82) is 0 Å². The molecule has 1 unspecified atom stereocenters. The van der Waals surface area contributed by atoms with Crippen LogP contribution in [0.2, 0.25) is 0 Å². The topological polar surface area (TPSA) is 111 Å². The summed E-state index contributed by atoms with van der Waals surface area (Å²) >= 11 is 0. The van der Waals surface area contributed by atoms with Gasteiger partial charge in [-0.05, 0) is 50.2 Å². The number of hydrogen-bond acceptors (Lipinski definition) is 6. The number of amides is 1. The molecule has 0 saturated heterocycles. The van der Waals surface area contributed by atoms with E-state index < -0.39 is 22.0 Å². The Morgan fingerprint density at radius 1 is 1.10 bits per heavy atom. The summed E-state index contributed by atoms with van der Waals surface area (Å²) in [6.07, 6.45) is 0. The van der Waals surface area contributed by atoms with E-state index in [0.29, 0.717) is 11.4 Å². The van der Waals surface area contributed by atoms with Gasteiger partial charge in [-0.15, -0.1) is 0 Å². The van der Waals surface area contributed by atoms with Crippen LogP contribution in [0, 0.1) is 6.92 Å². The zero-order chi connectivity index (χ0) is 21.0. The largest absolute Gasteiger partial charge is 0.497 e. The second-order valence-corrected chi connectivity index (χ2v) is 8.16. The van der Waals surface area contributed by atoms with Gasteiger partial charge in [0, 0.05) is 11.6 Å². The van der Waals surface area contributed by atoms with Crippen molar-refractivity contribution in [3.8, 4) is 17.0 Å². The Kier molecular flexibility index (Phi) is 6.00. The molecule has 29 heavy (non-hydrogen) atoms. The summed E-state index contributed by atoms with van der Waals surface area (Å²) in [7, 11) is -2.25. The Bertz CT molecular complexity index is 1090. The molecule has 1 aromatic heterocycles. The normalized spacial score (nSPS) is 12.4. The molecular weight excluding hydrogens is 394 g/mol. The number of ether oxygens (including phenoxy) is 1. The van der Waals surface area contributed by atoms with Gasteiger partial charge >= 0.3 is 0 Å². The zero-order valence-electron chi connectivity index (χ0n) is 16.2. The van der Waals surface area contributed by atoms with Gasteiger partial charge in [0.25, 0.3) is 0 Å². The van der Waals surface area contributed by atoms with E-state index in [9.17, 15) is 13.2 Å². The minimum absolute atomic E-state index is 0.0872. The molecule has 3 rings (SSSR count). The Balaban J connectivity index is 1.65.